The zero-order valence-electron chi connectivity index (χ0n) is 13.3. The molecular formula is C16H26ClIN4O. The molecule has 1 aromatic rings. The molecule has 23 heavy (non-hydrogen) atoms. The molecule has 2 rings (SSSR count). The van der Waals surface area contributed by atoms with E-state index >= 15 is 0 Å². The van der Waals surface area contributed by atoms with E-state index < -0.39 is 0 Å². The predicted molar refractivity (Wildman–Crippen MR) is 107 cm³/mol. The van der Waals surface area contributed by atoms with Crippen molar-refractivity contribution in [3.8, 4) is 0 Å². The lowest BCUT2D eigenvalue weighted by Gasteiger charge is -2.26. The molecule has 1 aliphatic rings. The SMILES string of the molecule is I.NC(=NCCCN1CCOCC1)NCCc1ccccc1Cl. The van der Waals surface area contributed by atoms with Crippen molar-refractivity contribution < 1.29 is 4.74 Å². The van der Waals surface area contributed by atoms with Gasteiger partial charge in [0.1, 0.15) is 0 Å². The molecule has 0 amide bonds. The van der Waals surface area contributed by atoms with Gasteiger partial charge in [-0.1, -0.05) is 29.8 Å². The van der Waals surface area contributed by atoms with Crippen LogP contribution in [0.3, 0.4) is 0 Å². The number of guanidine groups is 1. The smallest absolute Gasteiger partial charge is 0.188 e. The van der Waals surface area contributed by atoms with Crippen molar-refractivity contribution in [3.05, 3.63) is 34.9 Å². The van der Waals surface area contributed by atoms with E-state index in [4.69, 9.17) is 22.1 Å². The molecule has 0 aromatic heterocycles. The Labute approximate surface area is 160 Å². The van der Waals surface area contributed by atoms with Crippen molar-refractivity contribution in [2.75, 3.05) is 45.9 Å². The molecule has 0 radical (unpaired) electrons. The predicted octanol–water partition coefficient (Wildman–Crippen LogP) is 2.13. The van der Waals surface area contributed by atoms with Gasteiger partial charge in [-0.25, -0.2) is 0 Å². The molecule has 0 aliphatic carbocycles. The highest BCUT2D eigenvalue weighted by atomic mass is 127. The molecule has 7 heteroatoms. The summed E-state index contributed by atoms with van der Waals surface area (Å²) in [5, 5.41) is 3.93. The maximum Gasteiger partial charge on any atom is 0.188 e. The molecule has 0 unspecified atom stereocenters. The largest absolute Gasteiger partial charge is 0.379 e. The molecule has 1 aromatic carbocycles. The summed E-state index contributed by atoms with van der Waals surface area (Å²) in [5.74, 6) is 0.508. The van der Waals surface area contributed by atoms with Crippen LogP contribution in [0.25, 0.3) is 0 Å². The van der Waals surface area contributed by atoms with E-state index in [1.165, 1.54) is 0 Å². The summed E-state index contributed by atoms with van der Waals surface area (Å²) in [4.78, 5) is 6.76. The monoisotopic (exact) mass is 452 g/mol. The fourth-order valence-corrected chi connectivity index (χ4v) is 2.63. The van der Waals surface area contributed by atoms with Crippen LogP contribution in [0.1, 0.15) is 12.0 Å². The second-order valence-electron chi connectivity index (χ2n) is 5.34. The molecule has 1 heterocycles. The fraction of sp³-hybridized carbons (Fsp3) is 0.562. The minimum Gasteiger partial charge on any atom is -0.379 e. The van der Waals surface area contributed by atoms with Gasteiger partial charge in [0.25, 0.3) is 0 Å². The van der Waals surface area contributed by atoms with Crippen LogP contribution in [-0.4, -0.2) is 56.8 Å². The van der Waals surface area contributed by atoms with E-state index in [0.29, 0.717) is 5.96 Å². The number of aliphatic imine (C=N–C) groups is 1. The van der Waals surface area contributed by atoms with Crippen molar-refractivity contribution in [1.29, 1.82) is 0 Å². The number of morpholine rings is 1. The molecule has 3 N–H and O–H groups in total. The molecule has 0 atom stereocenters. The van der Waals surface area contributed by atoms with Crippen LogP contribution in [0.15, 0.2) is 29.3 Å². The summed E-state index contributed by atoms with van der Waals surface area (Å²) in [7, 11) is 0. The average molecular weight is 453 g/mol. The Balaban J connectivity index is 0.00000264. The lowest BCUT2D eigenvalue weighted by Crippen LogP contribution is -2.37. The van der Waals surface area contributed by atoms with E-state index in [0.717, 1.165) is 69.4 Å². The number of nitrogens with one attached hydrogen (secondary N) is 1. The van der Waals surface area contributed by atoms with Crippen molar-refractivity contribution >= 4 is 41.5 Å². The lowest BCUT2D eigenvalue weighted by atomic mass is 10.1. The number of ether oxygens (including phenoxy) is 1. The average Bonchev–Trinajstić information content (AvgIpc) is 2.54. The topological polar surface area (TPSA) is 62.9 Å². The van der Waals surface area contributed by atoms with E-state index in [1.54, 1.807) is 0 Å². The highest BCUT2D eigenvalue weighted by molar-refractivity contribution is 14.0. The molecule has 5 nitrogen and oxygen atoms in total. The van der Waals surface area contributed by atoms with Gasteiger partial charge >= 0.3 is 0 Å². The number of halogens is 2. The highest BCUT2D eigenvalue weighted by Crippen LogP contribution is 2.14. The van der Waals surface area contributed by atoms with Crippen LogP contribution in [-0.2, 0) is 11.2 Å². The number of nitrogens with zero attached hydrogens (tertiary/aromatic N) is 2. The van der Waals surface area contributed by atoms with Gasteiger partial charge in [0.05, 0.1) is 13.2 Å². The summed E-state index contributed by atoms with van der Waals surface area (Å²) >= 11 is 6.11. The number of benzene rings is 1. The van der Waals surface area contributed by atoms with Crippen LogP contribution in [0.4, 0.5) is 0 Å². The van der Waals surface area contributed by atoms with Gasteiger partial charge in [0.15, 0.2) is 5.96 Å². The first-order valence-electron chi connectivity index (χ1n) is 7.83. The van der Waals surface area contributed by atoms with Gasteiger partial charge in [0, 0.05) is 37.7 Å². The standard InChI is InChI=1S/C16H25ClN4O.HI/c17-15-5-2-1-4-14(15)6-8-20-16(18)19-7-3-9-21-10-12-22-13-11-21;/h1-2,4-5H,3,6-13H2,(H3,18,19,20);1H. The normalized spacial score (nSPS) is 16.0. The van der Waals surface area contributed by atoms with Crippen LogP contribution in [0.2, 0.25) is 5.02 Å². The van der Waals surface area contributed by atoms with Gasteiger partial charge in [-0.15, -0.1) is 24.0 Å². The van der Waals surface area contributed by atoms with E-state index in [-0.39, 0.29) is 24.0 Å². The van der Waals surface area contributed by atoms with Gasteiger partial charge < -0.3 is 15.8 Å². The zero-order valence-corrected chi connectivity index (χ0v) is 16.4. The number of hydrogen-bond donors (Lipinski definition) is 2. The number of nitrogens with two attached hydrogens (primary N) is 1. The summed E-state index contributed by atoms with van der Waals surface area (Å²) in [6.45, 7) is 6.28. The second-order valence-corrected chi connectivity index (χ2v) is 5.75. The minimum atomic E-state index is 0. The van der Waals surface area contributed by atoms with E-state index in [2.05, 4.69) is 15.2 Å². The molecule has 1 saturated heterocycles. The van der Waals surface area contributed by atoms with E-state index in [9.17, 15) is 0 Å². The molecule has 0 bridgehead atoms. The molecule has 0 spiro atoms. The second kappa shape index (κ2) is 11.9. The highest BCUT2D eigenvalue weighted by Gasteiger charge is 2.08. The van der Waals surface area contributed by atoms with E-state index in [1.807, 2.05) is 24.3 Å². The van der Waals surface area contributed by atoms with Crippen molar-refractivity contribution in [1.82, 2.24) is 10.2 Å². The number of rotatable bonds is 7. The maximum atomic E-state index is 6.11. The van der Waals surface area contributed by atoms with Gasteiger partial charge in [-0.3, -0.25) is 9.89 Å². The fourth-order valence-electron chi connectivity index (χ4n) is 2.40. The molecule has 1 fully saturated rings. The van der Waals surface area contributed by atoms with Crippen LogP contribution >= 0.6 is 35.6 Å². The first-order valence-corrected chi connectivity index (χ1v) is 8.21. The molecule has 1 aliphatic heterocycles. The van der Waals surface area contributed by atoms with Gasteiger partial charge in [-0.05, 0) is 24.5 Å². The quantitative estimate of drug-likeness (QED) is 0.288. The van der Waals surface area contributed by atoms with Crippen molar-refractivity contribution in [3.63, 3.8) is 0 Å². The van der Waals surface area contributed by atoms with Crippen LogP contribution < -0.4 is 11.1 Å². The summed E-state index contributed by atoms with van der Waals surface area (Å²) in [6, 6.07) is 7.85. The first-order chi connectivity index (χ1) is 10.8. The third kappa shape index (κ3) is 8.19. The molecule has 0 saturated carbocycles. The minimum absolute atomic E-state index is 0. The third-order valence-electron chi connectivity index (χ3n) is 3.68. The Kier molecular flexibility index (Phi) is 10.6. The Bertz CT molecular complexity index is 481. The summed E-state index contributed by atoms with van der Waals surface area (Å²) < 4.78 is 5.32. The molecule has 130 valence electrons. The van der Waals surface area contributed by atoms with Gasteiger partial charge in [0.2, 0.25) is 0 Å². The van der Waals surface area contributed by atoms with Crippen LogP contribution in [0, 0.1) is 0 Å². The van der Waals surface area contributed by atoms with Crippen molar-refractivity contribution in [2.24, 2.45) is 10.7 Å². The maximum absolute atomic E-state index is 6.11. The Morgan fingerprint density at radius 2 is 2.04 bits per heavy atom. The number of hydrogen-bond acceptors (Lipinski definition) is 3. The summed E-state index contributed by atoms with van der Waals surface area (Å²) in [6.07, 6.45) is 1.86. The Morgan fingerprint density at radius 1 is 1.30 bits per heavy atom. The molecular weight excluding hydrogens is 427 g/mol. The summed E-state index contributed by atoms with van der Waals surface area (Å²) in [5.41, 5.74) is 6.99. The first kappa shape index (κ1) is 20.5. The van der Waals surface area contributed by atoms with Crippen LogP contribution in [0.5, 0.6) is 0 Å². The van der Waals surface area contributed by atoms with Crippen molar-refractivity contribution in [2.45, 2.75) is 12.8 Å². The Morgan fingerprint density at radius 3 is 2.78 bits per heavy atom. The third-order valence-corrected chi connectivity index (χ3v) is 4.05. The Hall–Kier alpha value is -0.570. The van der Waals surface area contributed by atoms with Gasteiger partial charge in [-0.2, -0.15) is 0 Å². The lowest BCUT2D eigenvalue weighted by molar-refractivity contribution is 0.0377. The zero-order chi connectivity index (χ0) is 15.6.